The maximum atomic E-state index is 13.0. The molecule has 156 valence electrons. The third-order valence-corrected chi connectivity index (χ3v) is 7.88. The number of rotatable bonds is 4. The second-order valence-corrected chi connectivity index (χ2v) is 9.86. The molecule has 2 aromatic rings. The van der Waals surface area contributed by atoms with Crippen molar-refractivity contribution in [1.82, 2.24) is 14.4 Å². The summed E-state index contributed by atoms with van der Waals surface area (Å²) in [5.41, 5.74) is 1.50. The van der Waals surface area contributed by atoms with Crippen LogP contribution in [0.25, 0.3) is 0 Å². The topological polar surface area (TPSA) is 83.7 Å². The van der Waals surface area contributed by atoms with Crippen molar-refractivity contribution in [2.24, 2.45) is 0 Å². The number of hydrogen-bond acceptors (Lipinski definition) is 5. The molecule has 1 aliphatic heterocycles. The first kappa shape index (κ1) is 20.1. The number of aromatic nitrogens is 1. The van der Waals surface area contributed by atoms with E-state index in [-0.39, 0.29) is 24.7 Å². The number of piperazine rings is 1. The number of carbonyl (C=O) groups excluding carboxylic acids is 1. The zero-order chi connectivity index (χ0) is 20.4. The molecule has 1 amide bonds. The van der Waals surface area contributed by atoms with Gasteiger partial charge in [0, 0.05) is 32.2 Å². The molecular weight excluding hydrogens is 390 g/mol. The summed E-state index contributed by atoms with van der Waals surface area (Å²) in [6, 6.07) is 8.99. The quantitative estimate of drug-likeness (QED) is 0.763. The third kappa shape index (κ3) is 4.23. The molecule has 2 aliphatic rings. The lowest BCUT2D eigenvalue weighted by atomic mass is 9.84. The first-order chi connectivity index (χ1) is 13.9. The van der Waals surface area contributed by atoms with E-state index in [1.165, 1.54) is 42.0 Å². The molecule has 1 saturated heterocycles. The first-order valence-electron chi connectivity index (χ1n) is 10.3. The monoisotopic (exact) mass is 417 g/mol. The van der Waals surface area contributed by atoms with Crippen LogP contribution in [0.5, 0.6) is 0 Å². The van der Waals surface area contributed by atoms with Gasteiger partial charge in [-0.25, -0.2) is 8.42 Å². The van der Waals surface area contributed by atoms with Crippen molar-refractivity contribution in [1.29, 1.82) is 0 Å². The summed E-state index contributed by atoms with van der Waals surface area (Å²) in [6.45, 7) is 2.95. The second-order valence-electron chi connectivity index (χ2n) is 7.92. The lowest BCUT2D eigenvalue weighted by Crippen LogP contribution is -2.50. The third-order valence-electron chi connectivity index (χ3n) is 5.97. The number of carbonyl (C=O) groups is 1. The molecule has 1 aromatic heterocycles. The second kappa shape index (κ2) is 8.28. The summed E-state index contributed by atoms with van der Waals surface area (Å²) in [4.78, 5) is 14.4. The van der Waals surface area contributed by atoms with Crippen molar-refractivity contribution in [3.05, 3.63) is 47.3 Å². The molecule has 0 atom stereocenters. The zero-order valence-electron chi connectivity index (χ0n) is 16.7. The van der Waals surface area contributed by atoms with E-state index >= 15 is 0 Å². The fourth-order valence-corrected chi connectivity index (χ4v) is 5.68. The van der Waals surface area contributed by atoms with E-state index < -0.39 is 10.0 Å². The number of benzene rings is 1. The highest BCUT2D eigenvalue weighted by atomic mass is 32.2. The summed E-state index contributed by atoms with van der Waals surface area (Å²) in [7, 11) is -3.56. The summed E-state index contributed by atoms with van der Waals surface area (Å²) in [5, 5.41) is 3.75. The molecular formula is C21H27N3O4S. The lowest BCUT2D eigenvalue weighted by Gasteiger charge is -2.33. The van der Waals surface area contributed by atoms with Crippen molar-refractivity contribution in [2.75, 3.05) is 26.2 Å². The predicted molar refractivity (Wildman–Crippen MR) is 108 cm³/mol. The Kier molecular flexibility index (Phi) is 5.74. The van der Waals surface area contributed by atoms with Crippen LogP contribution in [0.2, 0.25) is 0 Å². The predicted octanol–water partition coefficient (Wildman–Crippen LogP) is 3.18. The van der Waals surface area contributed by atoms with Gasteiger partial charge >= 0.3 is 0 Å². The summed E-state index contributed by atoms with van der Waals surface area (Å²) < 4.78 is 32.5. The average molecular weight is 418 g/mol. The molecule has 0 spiro atoms. The minimum atomic E-state index is -3.56. The molecule has 2 heterocycles. The van der Waals surface area contributed by atoms with Gasteiger partial charge in [-0.2, -0.15) is 4.31 Å². The highest BCUT2D eigenvalue weighted by Crippen LogP contribution is 2.33. The summed E-state index contributed by atoms with van der Waals surface area (Å²) in [6.07, 6.45) is 6.18. The molecule has 4 rings (SSSR count). The van der Waals surface area contributed by atoms with Gasteiger partial charge in [-0.15, -0.1) is 0 Å². The Balaban J connectivity index is 1.40. The molecule has 0 unspecified atom stereocenters. The number of aryl methyl sites for hydroxylation is 1. The van der Waals surface area contributed by atoms with Crippen LogP contribution >= 0.6 is 0 Å². The van der Waals surface area contributed by atoms with Crippen LogP contribution in [0.4, 0.5) is 0 Å². The normalized spacial score (nSPS) is 19.4. The van der Waals surface area contributed by atoms with Gasteiger partial charge in [-0.3, -0.25) is 4.79 Å². The molecule has 1 aromatic carbocycles. The fourth-order valence-electron chi connectivity index (χ4n) is 4.26. The van der Waals surface area contributed by atoms with Crippen LogP contribution in [-0.4, -0.2) is 54.9 Å². The van der Waals surface area contributed by atoms with E-state index in [1.807, 2.05) is 12.1 Å². The van der Waals surface area contributed by atoms with E-state index in [0.717, 1.165) is 0 Å². The molecule has 7 nitrogen and oxygen atoms in total. The molecule has 0 N–H and O–H groups in total. The van der Waals surface area contributed by atoms with E-state index in [0.29, 0.717) is 29.7 Å². The van der Waals surface area contributed by atoms with Gasteiger partial charge in [0.2, 0.25) is 10.0 Å². The van der Waals surface area contributed by atoms with E-state index in [9.17, 15) is 13.2 Å². The van der Waals surface area contributed by atoms with Gasteiger partial charge in [0.15, 0.2) is 5.69 Å². The van der Waals surface area contributed by atoms with E-state index in [2.05, 4.69) is 5.16 Å². The minimum absolute atomic E-state index is 0.226. The van der Waals surface area contributed by atoms with Gasteiger partial charge in [0.05, 0.1) is 4.90 Å². The van der Waals surface area contributed by atoms with Crippen molar-refractivity contribution in [3.63, 3.8) is 0 Å². The standard InChI is InChI=1S/C21H27N3O4S/c1-16-15-20(22-28-16)21(25)23-11-13-24(14-12-23)29(26,27)19-9-7-18(8-10-19)17-5-3-2-4-6-17/h7-10,15,17H,2-6,11-14H2,1H3. The van der Waals surface area contributed by atoms with Gasteiger partial charge in [0.1, 0.15) is 5.76 Å². The number of nitrogens with zero attached hydrogens (tertiary/aromatic N) is 3. The minimum Gasteiger partial charge on any atom is -0.361 e. The number of sulfonamides is 1. The highest BCUT2D eigenvalue weighted by Gasteiger charge is 2.31. The molecule has 8 heteroatoms. The Morgan fingerprint density at radius 1 is 1.03 bits per heavy atom. The molecule has 0 radical (unpaired) electrons. The fraction of sp³-hybridized carbons (Fsp3) is 0.524. The van der Waals surface area contributed by atoms with Gasteiger partial charge in [-0.1, -0.05) is 36.6 Å². The highest BCUT2D eigenvalue weighted by molar-refractivity contribution is 7.89. The molecule has 2 fully saturated rings. The molecule has 29 heavy (non-hydrogen) atoms. The van der Waals surface area contributed by atoms with E-state index in [4.69, 9.17) is 4.52 Å². The van der Waals surface area contributed by atoms with Crippen LogP contribution in [-0.2, 0) is 10.0 Å². The van der Waals surface area contributed by atoms with Gasteiger partial charge in [-0.05, 0) is 43.4 Å². The summed E-state index contributed by atoms with van der Waals surface area (Å²) in [5.74, 6) is 0.900. The number of amides is 1. The van der Waals surface area contributed by atoms with Gasteiger partial charge < -0.3 is 9.42 Å². The zero-order valence-corrected chi connectivity index (χ0v) is 17.5. The van der Waals surface area contributed by atoms with Crippen molar-refractivity contribution in [3.8, 4) is 0 Å². The van der Waals surface area contributed by atoms with Crippen LogP contribution in [0.15, 0.2) is 39.8 Å². The largest absolute Gasteiger partial charge is 0.361 e. The molecule has 1 saturated carbocycles. The van der Waals surface area contributed by atoms with Gasteiger partial charge in [0.25, 0.3) is 5.91 Å². The Labute approximate surface area is 171 Å². The van der Waals surface area contributed by atoms with Crippen LogP contribution in [0, 0.1) is 6.92 Å². The van der Waals surface area contributed by atoms with Crippen LogP contribution in [0.3, 0.4) is 0 Å². The Morgan fingerprint density at radius 2 is 1.69 bits per heavy atom. The Hall–Kier alpha value is -2.19. The van der Waals surface area contributed by atoms with Crippen molar-refractivity contribution >= 4 is 15.9 Å². The Morgan fingerprint density at radius 3 is 2.28 bits per heavy atom. The lowest BCUT2D eigenvalue weighted by molar-refractivity contribution is 0.0687. The average Bonchev–Trinajstić information content (AvgIpc) is 3.20. The SMILES string of the molecule is Cc1cc(C(=O)N2CCN(S(=O)(=O)c3ccc(C4CCCCC4)cc3)CC2)no1. The molecule has 1 aliphatic carbocycles. The smallest absolute Gasteiger partial charge is 0.276 e. The van der Waals surface area contributed by atoms with Crippen molar-refractivity contribution in [2.45, 2.75) is 49.8 Å². The maximum Gasteiger partial charge on any atom is 0.276 e. The summed E-state index contributed by atoms with van der Waals surface area (Å²) >= 11 is 0. The maximum absolute atomic E-state index is 13.0. The number of hydrogen-bond donors (Lipinski definition) is 0. The van der Waals surface area contributed by atoms with E-state index in [1.54, 1.807) is 30.0 Å². The van der Waals surface area contributed by atoms with Crippen LogP contribution in [0.1, 0.15) is 59.8 Å². The van der Waals surface area contributed by atoms with Crippen LogP contribution < -0.4 is 0 Å². The Bertz CT molecular complexity index is 954. The first-order valence-corrected chi connectivity index (χ1v) is 11.7. The van der Waals surface area contributed by atoms with Crippen molar-refractivity contribution < 1.29 is 17.7 Å². The molecule has 0 bridgehead atoms.